The van der Waals surface area contributed by atoms with Gasteiger partial charge in [-0.2, -0.15) is 0 Å². The van der Waals surface area contributed by atoms with E-state index in [9.17, 15) is 23.4 Å². The number of amides is 1. The Morgan fingerprint density at radius 3 is 2.31 bits per heavy atom. The maximum atomic E-state index is 13.0. The van der Waals surface area contributed by atoms with E-state index in [2.05, 4.69) is 10.3 Å². The minimum atomic E-state index is -3.34. The van der Waals surface area contributed by atoms with Gasteiger partial charge in [0.2, 0.25) is 0 Å². The van der Waals surface area contributed by atoms with Crippen LogP contribution in [-0.4, -0.2) is 41.4 Å². The molecule has 3 aromatic rings. The summed E-state index contributed by atoms with van der Waals surface area (Å²) in [6.07, 6.45) is -1.21. The van der Waals surface area contributed by atoms with Crippen molar-refractivity contribution < 1.29 is 28.2 Å². The van der Waals surface area contributed by atoms with Crippen LogP contribution in [0, 0.1) is 0 Å². The Balaban J connectivity index is 1.88. The number of aliphatic hydroxyl groups excluding tert-OH is 2. The molecule has 3 N–H and O–H groups in total. The number of rotatable bonds is 9. The fourth-order valence-corrected chi connectivity index (χ4v) is 4.96. The molecule has 32 heavy (non-hydrogen) atoms. The highest BCUT2D eigenvalue weighted by Crippen LogP contribution is 2.30. The number of carbonyl (C=O) groups is 1. The fourth-order valence-electron chi connectivity index (χ4n) is 3.16. The summed E-state index contributed by atoms with van der Waals surface area (Å²) in [5, 5.41) is 22.1. The average Bonchev–Trinajstić information content (AvgIpc) is 3.17. The van der Waals surface area contributed by atoms with Gasteiger partial charge in [0.05, 0.1) is 40.2 Å². The summed E-state index contributed by atoms with van der Waals surface area (Å²) in [4.78, 5) is 17.6. The summed E-state index contributed by atoms with van der Waals surface area (Å²) in [5.74, 6) is -0.444. The molecule has 0 bridgehead atoms. The maximum Gasteiger partial charge on any atom is 0.259 e. The number of hydrogen-bond donors (Lipinski definition) is 3. The van der Waals surface area contributed by atoms with Gasteiger partial charge in [0.25, 0.3) is 5.91 Å². The van der Waals surface area contributed by atoms with E-state index in [0.29, 0.717) is 27.3 Å². The highest BCUT2D eigenvalue weighted by atomic mass is 32.2. The first kappa shape index (κ1) is 24.3. The van der Waals surface area contributed by atoms with Gasteiger partial charge in [-0.25, -0.2) is 13.4 Å². The lowest BCUT2D eigenvalue weighted by Gasteiger charge is -2.20. The van der Waals surface area contributed by atoms with Crippen LogP contribution in [-0.2, 0) is 32.6 Å². The molecule has 1 heterocycles. The van der Waals surface area contributed by atoms with Crippen LogP contribution in [0.5, 0.6) is 0 Å². The molecule has 0 spiro atoms. The molecular weight excluding hydrogens is 452 g/mol. The van der Waals surface area contributed by atoms with E-state index in [0.717, 1.165) is 4.70 Å². The zero-order valence-corrected chi connectivity index (χ0v) is 19.7. The zero-order chi connectivity index (χ0) is 23.5. The molecule has 8 nitrogen and oxygen atoms in total. The molecule has 1 aromatic heterocycles. The van der Waals surface area contributed by atoms with E-state index >= 15 is 0 Å². The summed E-state index contributed by atoms with van der Waals surface area (Å²) in [5.41, 5.74) is 2.30. The van der Waals surface area contributed by atoms with Crippen molar-refractivity contribution in [1.82, 2.24) is 4.98 Å². The average molecular weight is 479 g/mol. The second-order valence-corrected chi connectivity index (χ2v) is 10.8. The first-order valence-corrected chi connectivity index (χ1v) is 12.6. The van der Waals surface area contributed by atoms with E-state index in [-0.39, 0.29) is 30.0 Å². The SMILES string of the molecule is CCS(=O)(=O)c1ccc(C(OC(C)C)C(=O)Nc2nc3cc(CO)c(CO)cc3s2)cc1. The van der Waals surface area contributed by atoms with Crippen molar-refractivity contribution in [2.24, 2.45) is 0 Å². The van der Waals surface area contributed by atoms with Gasteiger partial charge in [-0.1, -0.05) is 30.4 Å². The number of benzene rings is 2. The van der Waals surface area contributed by atoms with Crippen LogP contribution in [0.25, 0.3) is 10.2 Å². The van der Waals surface area contributed by atoms with Gasteiger partial charge in [-0.3, -0.25) is 10.1 Å². The lowest BCUT2D eigenvalue weighted by Crippen LogP contribution is -2.25. The fraction of sp³-hybridized carbons (Fsp3) is 0.364. The number of carbonyl (C=O) groups excluding carboxylic acids is 1. The van der Waals surface area contributed by atoms with Crippen molar-refractivity contribution >= 4 is 42.4 Å². The molecule has 1 amide bonds. The van der Waals surface area contributed by atoms with E-state index in [1.165, 1.54) is 23.5 Å². The van der Waals surface area contributed by atoms with Crippen LogP contribution in [0.2, 0.25) is 0 Å². The van der Waals surface area contributed by atoms with Crippen molar-refractivity contribution in [2.45, 2.75) is 51.1 Å². The number of nitrogens with zero attached hydrogens (tertiary/aromatic N) is 1. The Hall–Kier alpha value is -2.37. The van der Waals surface area contributed by atoms with Gasteiger partial charge < -0.3 is 14.9 Å². The van der Waals surface area contributed by atoms with Gasteiger partial charge in [-0.15, -0.1) is 0 Å². The van der Waals surface area contributed by atoms with E-state index in [1.54, 1.807) is 45.0 Å². The predicted octanol–water partition coefficient (Wildman–Crippen LogP) is 3.18. The van der Waals surface area contributed by atoms with E-state index < -0.39 is 21.8 Å². The lowest BCUT2D eigenvalue weighted by atomic mass is 10.1. The molecule has 1 atom stereocenters. The van der Waals surface area contributed by atoms with Crippen molar-refractivity contribution in [3.05, 3.63) is 53.1 Å². The van der Waals surface area contributed by atoms with E-state index in [1.807, 2.05) is 0 Å². The van der Waals surface area contributed by atoms with Crippen LogP contribution >= 0.6 is 11.3 Å². The largest absolute Gasteiger partial charge is 0.392 e. The molecule has 3 rings (SSSR count). The third-order valence-electron chi connectivity index (χ3n) is 4.85. The smallest absolute Gasteiger partial charge is 0.259 e. The molecule has 10 heteroatoms. The normalized spacial score (nSPS) is 12.9. The second-order valence-electron chi connectivity index (χ2n) is 7.45. The molecular formula is C22H26N2O6S2. The number of hydrogen-bond acceptors (Lipinski definition) is 8. The lowest BCUT2D eigenvalue weighted by molar-refractivity contribution is -0.130. The topological polar surface area (TPSA) is 126 Å². The third kappa shape index (κ3) is 5.33. The molecule has 0 aliphatic heterocycles. The molecule has 0 saturated heterocycles. The zero-order valence-electron chi connectivity index (χ0n) is 18.0. The molecule has 0 aliphatic carbocycles. The number of sulfone groups is 1. The summed E-state index contributed by atoms with van der Waals surface area (Å²) in [6.45, 7) is 4.76. The van der Waals surface area contributed by atoms with Crippen LogP contribution in [0.3, 0.4) is 0 Å². The second kappa shape index (κ2) is 10.1. The van der Waals surface area contributed by atoms with Crippen LogP contribution in [0.1, 0.15) is 43.6 Å². The van der Waals surface area contributed by atoms with Gasteiger partial charge in [-0.05, 0) is 54.8 Å². The Labute approximate surface area is 190 Å². The number of fused-ring (bicyclic) bond motifs is 1. The Kier molecular flexibility index (Phi) is 7.63. The van der Waals surface area contributed by atoms with Gasteiger partial charge in [0, 0.05) is 0 Å². The standard InChI is InChI=1S/C22H26N2O6S2/c1-4-32(28,29)17-7-5-14(6-8-17)20(30-13(2)3)21(27)24-22-23-18-9-15(11-25)16(12-26)10-19(18)31-22/h5-10,13,20,25-26H,4,11-12H2,1-3H3,(H,23,24,27). The van der Waals surface area contributed by atoms with Gasteiger partial charge in [0.1, 0.15) is 0 Å². The van der Waals surface area contributed by atoms with Crippen molar-refractivity contribution in [1.29, 1.82) is 0 Å². The number of anilines is 1. The highest BCUT2D eigenvalue weighted by molar-refractivity contribution is 7.91. The minimum absolute atomic E-state index is 0.00759. The van der Waals surface area contributed by atoms with Crippen molar-refractivity contribution in [2.75, 3.05) is 11.1 Å². The first-order chi connectivity index (χ1) is 15.2. The minimum Gasteiger partial charge on any atom is -0.392 e. The number of thiazole rings is 1. The Morgan fingerprint density at radius 2 is 1.75 bits per heavy atom. The summed E-state index contributed by atoms with van der Waals surface area (Å²) in [7, 11) is -3.34. The van der Waals surface area contributed by atoms with Crippen molar-refractivity contribution in [3.63, 3.8) is 0 Å². The molecule has 0 aliphatic rings. The number of aliphatic hydroxyl groups is 2. The summed E-state index contributed by atoms with van der Waals surface area (Å²) >= 11 is 1.24. The summed E-state index contributed by atoms with van der Waals surface area (Å²) in [6, 6.07) is 9.53. The number of nitrogens with one attached hydrogen (secondary N) is 1. The van der Waals surface area contributed by atoms with Crippen LogP contribution < -0.4 is 5.32 Å². The summed E-state index contributed by atoms with van der Waals surface area (Å²) < 4.78 is 30.7. The highest BCUT2D eigenvalue weighted by Gasteiger charge is 2.25. The van der Waals surface area contributed by atoms with Crippen molar-refractivity contribution in [3.8, 4) is 0 Å². The first-order valence-electron chi connectivity index (χ1n) is 10.1. The van der Waals surface area contributed by atoms with Crippen LogP contribution in [0.15, 0.2) is 41.3 Å². The van der Waals surface area contributed by atoms with Gasteiger partial charge in [0.15, 0.2) is 21.1 Å². The number of aromatic nitrogens is 1. The Morgan fingerprint density at radius 1 is 1.12 bits per heavy atom. The quantitative estimate of drug-likeness (QED) is 0.431. The van der Waals surface area contributed by atoms with E-state index in [4.69, 9.17) is 4.74 Å². The van der Waals surface area contributed by atoms with Crippen LogP contribution in [0.4, 0.5) is 5.13 Å². The Bertz CT molecular complexity index is 1160. The number of ether oxygens (including phenoxy) is 1. The monoisotopic (exact) mass is 478 g/mol. The molecule has 0 saturated carbocycles. The molecule has 2 aromatic carbocycles. The third-order valence-corrected chi connectivity index (χ3v) is 7.53. The molecule has 0 fully saturated rings. The predicted molar refractivity (Wildman–Crippen MR) is 123 cm³/mol. The molecule has 0 radical (unpaired) electrons. The molecule has 1 unspecified atom stereocenters. The maximum absolute atomic E-state index is 13.0. The van der Waals surface area contributed by atoms with Gasteiger partial charge >= 0.3 is 0 Å². The molecule has 172 valence electrons.